The van der Waals surface area contributed by atoms with Crippen molar-refractivity contribution in [2.24, 2.45) is 0 Å². The van der Waals surface area contributed by atoms with Gasteiger partial charge in [-0.15, -0.1) is 0 Å². The van der Waals surface area contributed by atoms with Crippen molar-refractivity contribution < 1.29 is 14.6 Å². The molecular weight excluding hydrogens is 170 g/mol. The van der Waals surface area contributed by atoms with E-state index in [2.05, 4.69) is 10.1 Å². The van der Waals surface area contributed by atoms with Gasteiger partial charge in [-0.3, -0.25) is 4.79 Å². The Morgan fingerprint density at radius 3 is 2.85 bits per heavy atom. The molecule has 4 nitrogen and oxygen atoms in total. The predicted octanol–water partition coefficient (Wildman–Crippen LogP) is 0.300. The second kappa shape index (κ2) is 8.01. The van der Waals surface area contributed by atoms with E-state index >= 15 is 0 Å². The van der Waals surface area contributed by atoms with Crippen molar-refractivity contribution in [3.8, 4) is 0 Å². The van der Waals surface area contributed by atoms with Gasteiger partial charge in [0, 0.05) is 13.1 Å². The van der Waals surface area contributed by atoms with Crippen molar-refractivity contribution in [2.75, 3.05) is 20.2 Å². The Morgan fingerprint density at radius 2 is 2.31 bits per heavy atom. The molecule has 0 radical (unpaired) electrons. The first kappa shape index (κ1) is 12.4. The largest absolute Gasteiger partial charge is 0.469 e. The van der Waals surface area contributed by atoms with E-state index in [1.165, 1.54) is 7.11 Å². The number of hydrogen-bond acceptors (Lipinski definition) is 4. The maximum absolute atomic E-state index is 10.7. The molecule has 1 atom stereocenters. The molecule has 0 aromatic rings. The number of carbonyl (C=O) groups excluding carboxylic acids is 1. The van der Waals surface area contributed by atoms with E-state index in [-0.39, 0.29) is 12.1 Å². The van der Waals surface area contributed by atoms with Crippen LogP contribution in [0.2, 0.25) is 0 Å². The van der Waals surface area contributed by atoms with Crippen LogP contribution in [0.3, 0.4) is 0 Å². The summed E-state index contributed by atoms with van der Waals surface area (Å²) < 4.78 is 4.46. The van der Waals surface area contributed by atoms with Crippen LogP contribution < -0.4 is 5.32 Å². The van der Waals surface area contributed by atoms with Gasteiger partial charge < -0.3 is 15.2 Å². The van der Waals surface area contributed by atoms with Crippen LogP contribution in [0.5, 0.6) is 0 Å². The van der Waals surface area contributed by atoms with E-state index in [4.69, 9.17) is 0 Å². The van der Waals surface area contributed by atoms with Crippen molar-refractivity contribution in [1.82, 2.24) is 5.32 Å². The van der Waals surface area contributed by atoms with Crippen LogP contribution in [0.1, 0.15) is 26.2 Å². The fourth-order valence-corrected chi connectivity index (χ4v) is 0.996. The molecule has 0 saturated carbocycles. The number of aliphatic hydroxyl groups excluding tert-OH is 1. The third-order valence-electron chi connectivity index (χ3n) is 1.74. The summed E-state index contributed by atoms with van der Waals surface area (Å²) in [5.41, 5.74) is 0. The van der Waals surface area contributed by atoms with Crippen molar-refractivity contribution in [3.63, 3.8) is 0 Å². The molecule has 1 unspecified atom stereocenters. The summed E-state index contributed by atoms with van der Waals surface area (Å²) in [5, 5.41) is 12.3. The maximum atomic E-state index is 10.7. The number of hydrogen-bond donors (Lipinski definition) is 2. The lowest BCUT2D eigenvalue weighted by molar-refractivity contribution is -0.140. The molecule has 0 aromatic heterocycles. The summed E-state index contributed by atoms with van der Waals surface area (Å²) in [6, 6.07) is 0. The van der Waals surface area contributed by atoms with Crippen LogP contribution in [-0.4, -0.2) is 37.4 Å². The number of nitrogens with one attached hydrogen (secondary N) is 1. The molecule has 0 amide bonds. The van der Waals surface area contributed by atoms with Gasteiger partial charge in [-0.05, 0) is 6.42 Å². The zero-order valence-electron chi connectivity index (χ0n) is 8.38. The molecular formula is C9H19NO3. The van der Waals surface area contributed by atoms with Crippen molar-refractivity contribution in [1.29, 1.82) is 0 Å². The lowest BCUT2D eigenvalue weighted by atomic mass is 10.2. The van der Waals surface area contributed by atoms with Crippen LogP contribution in [0.25, 0.3) is 0 Å². The Kier molecular flexibility index (Phi) is 7.63. The predicted molar refractivity (Wildman–Crippen MR) is 50.4 cm³/mol. The molecule has 0 saturated heterocycles. The molecule has 0 aliphatic heterocycles. The zero-order chi connectivity index (χ0) is 10.1. The molecule has 0 heterocycles. The standard InChI is InChI=1S/C9H19NO3/c1-3-4-8(11)7-10-6-5-9(12)13-2/h8,10-11H,3-7H2,1-2H3. The topological polar surface area (TPSA) is 58.6 Å². The smallest absolute Gasteiger partial charge is 0.306 e. The Labute approximate surface area is 79.3 Å². The lowest BCUT2D eigenvalue weighted by Gasteiger charge is -2.09. The van der Waals surface area contributed by atoms with Crippen LogP contribution in [-0.2, 0) is 9.53 Å². The summed E-state index contributed by atoms with van der Waals surface area (Å²) in [4.78, 5) is 10.7. The summed E-state index contributed by atoms with van der Waals surface area (Å²) in [6.45, 7) is 3.13. The lowest BCUT2D eigenvalue weighted by Crippen LogP contribution is -2.28. The monoisotopic (exact) mass is 189 g/mol. The van der Waals surface area contributed by atoms with E-state index in [1.807, 2.05) is 6.92 Å². The van der Waals surface area contributed by atoms with Gasteiger partial charge in [0.05, 0.1) is 19.6 Å². The van der Waals surface area contributed by atoms with E-state index in [1.54, 1.807) is 0 Å². The molecule has 13 heavy (non-hydrogen) atoms. The molecule has 0 fully saturated rings. The molecule has 0 rings (SSSR count). The number of esters is 1. The van der Waals surface area contributed by atoms with Crippen molar-refractivity contribution >= 4 is 5.97 Å². The van der Waals surface area contributed by atoms with Gasteiger partial charge in [-0.1, -0.05) is 13.3 Å². The van der Waals surface area contributed by atoms with Crippen LogP contribution in [0, 0.1) is 0 Å². The average Bonchev–Trinajstić information content (AvgIpc) is 2.12. The summed E-state index contributed by atoms with van der Waals surface area (Å²) in [6.07, 6.45) is 1.82. The van der Waals surface area contributed by atoms with E-state index in [0.717, 1.165) is 12.8 Å². The number of aliphatic hydroxyl groups is 1. The first-order valence-electron chi connectivity index (χ1n) is 4.66. The quantitative estimate of drug-likeness (QED) is 0.447. The molecule has 0 bridgehead atoms. The first-order chi connectivity index (χ1) is 6.20. The second-order valence-electron chi connectivity index (χ2n) is 2.97. The number of methoxy groups -OCH3 is 1. The molecule has 78 valence electrons. The van der Waals surface area contributed by atoms with Crippen molar-refractivity contribution in [3.05, 3.63) is 0 Å². The maximum Gasteiger partial charge on any atom is 0.306 e. The summed E-state index contributed by atoms with van der Waals surface area (Å²) in [5.74, 6) is -0.225. The Hall–Kier alpha value is -0.610. The highest BCUT2D eigenvalue weighted by molar-refractivity contribution is 5.69. The van der Waals surface area contributed by atoms with Crippen molar-refractivity contribution in [2.45, 2.75) is 32.3 Å². The minimum Gasteiger partial charge on any atom is -0.469 e. The summed E-state index contributed by atoms with van der Waals surface area (Å²) >= 11 is 0. The van der Waals surface area contributed by atoms with Gasteiger partial charge in [0.15, 0.2) is 0 Å². The zero-order valence-corrected chi connectivity index (χ0v) is 8.38. The third kappa shape index (κ3) is 7.74. The number of ether oxygens (including phenoxy) is 1. The molecule has 0 aliphatic carbocycles. The second-order valence-corrected chi connectivity index (χ2v) is 2.97. The fraction of sp³-hybridized carbons (Fsp3) is 0.889. The van der Waals surface area contributed by atoms with Crippen LogP contribution in [0.15, 0.2) is 0 Å². The average molecular weight is 189 g/mol. The van der Waals surface area contributed by atoms with Gasteiger partial charge in [0.2, 0.25) is 0 Å². The first-order valence-corrected chi connectivity index (χ1v) is 4.66. The van der Waals surface area contributed by atoms with Crippen LogP contribution >= 0.6 is 0 Å². The normalized spacial score (nSPS) is 12.5. The minimum atomic E-state index is -0.303. The Morgan fingerprint density at radius 1 is 1.62 bits per heavy atom. The highest BCUT2D eigenvalue weighted by Crippen LogP contribution is 1.93. The van der Waals surface area contributed by atoms with Crippen LogP contribution in [0.4, 0.5) is 0 Å². The molecule has 4 heteroatoms. The highest BCUT2D eigenvalue weighted by atomic mass is 16.5. The summed E-state index contributed by atoms with van der Waals surface area (Å²) in [7, 11) is 1.37. The van der Waals surface area contributed by atoms with E-state index in [0.29, 0.717) is 19.5 Å². The van der Waals surface area contributed by atoms with E-state index in [9.17, 15) is 9.90 Å². The molecule has 2 N–H and O–H groups in total. The molecule has 0 aliphatic rings. The Balaban J connectivity index is 3.20. The molecule has 0 aromatic carbocycles. The SMILES string of the molecule is CCCC(O)CNCCC(=O)OC. The molecule has 0 spiro atoms. The number of carbonyl (C=O) groups is 1. The Bertz CT molecular complexity index is 139. The highest BCUT2D eigenvalue weighted by Gasteiger charge is 2.02. The van der Waals surface area contributed by atoms with E-state index < -0.39 is 0 Å². The van der Waals surface area contributed by atoms with Gasteiger partial charge in [0.25, 0.3) is 0 Å². The minimum absolute atomic E-state index is 0.225. The fourth-order valence-electron chi connectivity index (χ4n) is 0.996. The van der Waals surface area contributed by atoms with Gasteiger partial charge in [-0.25, -0.2) is 0 Å². The van der Waals surface area contributed by atoms with Gasteiger partial charge in [0.1, 0.15) is 0 Å². The van der Waals surface area contributed by atoms with Gasteiger partial charge >= 0.3 is 5.97 Å². The van der Waals surface area contributed by atoms with Gasteiger partial charge in [-0.2, -0.15) is 0 Å². The third-order valence-corrected chi connectivity index (χ3v) is 1.74. The number of rotatable bonds is 7.